The van der Waals surface area contributed by atoms with E-state index < -0.39 is 5.60 Å². The molecule has 0 radical (unpaired) electrons. The van der Waals surface area contributed by atoms with Crippen LogP contribution < -0.4 is 5.32 Å². The number of phenolic OH excluding ortho intramolecular Hbond substituents is 1. The molecule has 1 fully saturated rings. The normalized spacial score (nSPS) is 16.8. The monoisotopic (exact) mass is 368 g/mol. The Morgan fingerprint density at radius 3 is 2.33 bits per heavy atom. The second-order valence-corrected chi connectivity index (χ2v) is 7.57. The average Bonchev–Trinajstić information content (AvgIpc) is 2.65. The first kappa shape index (κ1) is 19.4. The standard InChI is InChI=1S/C22H28N2O3/c1-17-2-4-18(5-3-17)16-22(27)11-14-24(15-12-22)13-10-21(26)23-19-6-8-20(25)9-7-19/h2-9,25,27H,10-16H2,1H3,(H,23,26). The fourth-order valence-corrected chi connectivity index (χ4v) is 3.48. The second-order valence-electron chi connectivity index (χ2n) is 7.57. The van der Waals surface area contributed by atoms with Crippen molar-refractivity contribution in [2.75, 3.05) is 25.0 Å². The van der Waals surface area contributed by atoms with Gasteiger partial charge in [-0.2, -0.15) is 0 Å². The lowest BCUT2D eigenvalue weighted by molar-refractivity contribution is -0.116. The Morgan fingerprint density at radius 2 is 1.70 bits per heavy atom. The van der Waals surface area contributed by atoms with Crippen molar-refractivity contribution in [2.24, 2.45) is 0 Å². The number of rotatable bonds is 6. The van der Waals surface area contributed by atoms with E-state index in [1.807, 2.05) is 0 Å². The third-order valence-electron chi connectivity index (χ3n) is 5.25. The second kappa shape index (κ2) is 8.55. The number of hydrogen-bond donors (Lipinski definition) is 3. The van der Waals surface area contributed by atoms with Gasteiger partial charge in [0.2, 0.25) is 5.91 Å². The van der Waals surface area contributed by atoms with Gasteiger partial charge in [0.25, 0.3) is 0 Å². The largest absolute Gasteiger partial charge is 0.508 e. The Labute approximate surface area is 160 Å². The molecule has 2 aromatic carbocycles. The number of piperidine rings is 1. The lowest BCUT2D eigenvalue weighted by Crippen LogP contribution is -2.46. The van der Waals surface area contributed by atoms with Gasteiger partial charge >= 0.3 is 0 Å². The van der Waals surface area contributed by atoms with Crippen molar-refractivity contribution in [1.29, 1.82) is 0 Å². The molecule has 27 heavy (non-hydrogen) atoms. The lowest BCUT2D eigenvalue weighted by Gasteiger charge is -2.38. The number of phenols is 1. The van der Waals surface area contributed by atoms with Crippen molar-refractivity contribution >= 4 is 11.6 Å². The van der Waals surface area contributed by atoms with Crippen LogP contribution in [0, 0.1) is 6.92 Å². The third-order valence-corrected chi connectivity index (χ3v) is 5.25. The fraction of sp³-hybridized carbons (Fsp3) is 0.409. The molecule has 5 nitrogen and oxygen atoms in total. The molecule has 0 spiro atoms. The summed E-state index contributed by atoms with van der Waals surface area (Å²) in [5.41, 5.74) is 2.43. The van der Waals surface area contributed by atoms with Gasteiger partial charge in [0.15, 0.2) is 0 Å². The Morgan fingerprint density at radius 1 is 1.07 bits per heavy atom. The average molecular weight is 368 g/mol. The molecule has 0 aromatic heterocycles. The van der Waals surface area contributed by atoms with E-state index in [9.17, 15) is 15.0 Å². The number of nitrogens with one attached hydrogen (secondary N) is 1. The number of aromatic hydroxyl groups is 1. The van der Waals surface area contributed by atoms with Gasteiger partial charge in [0.05, 0.1) is 5.60 Å². The van der Waals surface area contributed by atoms with Gasteiger partial charge in [-0.3, -0.25) is 4.79 Å². The topological polar surface area (TPSA) is 72.8 Å². The van der Waals surface area contributed by atoms with Crippen LogP contribution in [-0.2, 0) is 11.2 Å². The Kier molecular flexibility index (Phi) is 6.14. The van der Waals surface area contributed by atoms with Crippen molar-refractivity contribution < 1.29 is 15.0 Å². The van der Waals surface area contributed by atoms with Gasteiger partial charge in [-0.15, -0.1) is 0 Å². The molecule has 5 heteroatoms. The molecule has 0 aliphatic carbocycles. The van der Waals surface area contributed by atoms with E-state index in [0.29, 0.717) is 25.1 Å². The van der Waals surface area contributed by atoms with Gasteiger partial charge in [-0.25, -0.2) is 0 Å². The molecule has 3 N–H and O–H groups in total. The van der Waals surface area contributed by atoms with Crippen LogP contribution in [0.5, 0.6) is 5.75 Å². The molecular weight excluding hydrogens is 340 g/mol. The number of carbonyl (C=O) groups excluding carboxylic acids is 1. The molecule has 1 aliphatic heterocycles. The first-order valence-corrected chi connectivity index (χ1v) is 9.51. The molecule has 1 saturated heterocycles. The van der Waals surface area contributed by atoms with Crippen LogP contribution in [0.25, 0.3) is 0 Å². The predicted octanol–water partition coefficient (Wildman–Crippen LogP) is 3.10. The Bertz CT molecular complexity index is 748. The quantitative estimate of drug-likeness (QED) is 0.685. The minimum absolute atomic E-state index is 0.0406. The number of likely N-dealkylation sites (tertiary alicyclic amines) is 1. The summed E-state index contributed by atoms with van der Waals surface area (Å²) in [6, 6.07) is 14.8. The van der Waals surface area contributed by atoms with Gasteiger partial charge in [-0.1, -0.05) is 29.8 Å². The first-order valence-electron chi connectivity index (χ1n) is 9.51. The van der Waals surface area contributed by atoms with E-state index in [-0.39, 0.29) is 11.7 Å². The van der Waals surface area contributed by atoms with Crippen LogP contribution in [0.15, 0.2) is 48.5 Å². The van der Waals surface area contributed by atoms with Crippen molar-refractivity contribution in [2.45, 2.75) is 38.2 Å². The molecule has 0 unspecified atom stereocenters. The number of nitrogens with zero attached hydrogens (tertiary/aromatic N) is 1. The van der Waals surface area contributed by atoms with Crippen LogP contribution in [0.3, 0.4) is 0 Å². The summed E-state index contributed by atoms with van der Waals surface area (Å²) in [6.45, 7) is 4.35. The molecule has 1 aliphatic rings. The number of carbonyl (C=O) groups is 1. The Balaban J connectivity index is 1.41. The zero-order valence-electron chi connectivity index (χ0n) is 15.8. The van der Waals surface area contributed by atoms with Crippen LogP contribution in [-0.4, -0.2) is 46.3 Å². The molecule has 0 saturated carbocycles. The number of amides is 1. The highest BCUT2D eigenvalue weighted by Gasteiger charge is 2.32. The zero-order valence-corrected chi connectivity index (χ0v) is 15.8. The smallest absolute Gasteiger partial charge is 0.225 e. The van der Waals surface area contributed by atoms with Crippen LogP contribution in [0.4, 0.5) is 5.69 Å². The summed E-state index contributed by atoms with van der Waals surface area (Å²) >= 11 is 0. The highest BCUT2D eigenvalue weighted by molar-refractivity contribution is 5.90. The predicted molar refractivity (Wildman–Crippen MR) is 107 cm³/mol. The van der Waals surface area contributed by atoms with Crippen LogP contribution in [0.2, 0.25) is 0 Å². The van der Waals surface area contributed by atoms with E-state index in [2.05, 4.69) is 41.4 Å². The molecule has 144 valence electrons. The Hall–Kier alpha value is -2.37. The number of aryl methyl sites for hydroxylation is 1. The lowest BCUT2D eigenvalue weighted by atomic mass is 9.85. The first-order chi connectivity index (χ1) is 12.9. The maximum Gasteiger partial charge on any atom is 0.225 e. The maximum absolute atomic E-state index is 12.1. The zero-order chi connectivity index (χ0) is 19.3. The molecule has 2 aromatic rings. The van der Waals surface area contributed by atoms with E-state index in [0.717, 1.165) is 25.9 Å². The minimum Gasteiger partial charge on any atom is -0.508 e. The van der Waals surface area contributed by atoms with E-state index >= 15 is 0 Å². The van der Waals surface area contributed by atoms with E-state index in [1.54, 1.807) is 24.3 Å². The maximum atomic E-state index is 12.1. The summed E-state index contributed by atoms with van der Waals surface area (Å²) in [6.07, 6.45) is 2.54. The van der Waals surface area contributed by atoms with Crippen LogP contribution >= 0.6 is 0 Å². The summed E-state index contributed by atoms with van der Waals surface area (Å²) in [5.74, 6) is 0.139. The van der Waals surface area contributed by atoms with Gasteiger partial charge in [0, 0.05) is 38.2 Å². The minimum atomic E-state index is -0.653. The SMILES string of the molecule is Cc1ccc(CC2(O)CCN(CCC(=O)Nc3ccc(O)cc3)CC2)cc1. The number of anilines is 1. The number of aliphatic hydroxyl groups is 1. The van der Waals surface area contributed by atoms with Gasteiger partial charge < -0.3 is 20.4 Å². The van der Waals surface area contributed by atoms with Crippen molar-refractivity contribution in [1.82, 2.24) is 4.90 Å². The van der Waals surface area contributed by atoms with Crippen molar-refractivity contribution in [3.05, 3.63) is 59.7 Å². The molecule has 0 atom stereocenters. The van der Waals surface area contributed by atoms with Gasteiger partial charge in [0.1, 0.15) is 5.75 Å². The number of hydrogen-bond acceptors (Lipinski definition) is 4. The molecule has 1 amide bonds. The summed E-state index contributed by atoms with van der Waals surface area (Å²) in [4.78, 5) is 14.3. The fourth-order valence-electron chi connectivity index (χ4n) is 3.48. The summed E-state index contributed by atoms with van der Waals surface area (Å²) in [7, 11) is 0. The van der Waals surface area contributed by atoms with Crippen molar-refractivity contribution in [3.63, 3.8) is 0 Å². The summed E-state index contributed by atoms with van der Waals surface area (Å²) < 4.78 is 0. The van der Waals surface area contributed by atoms with Gasteiger partial charge in [-0.05, 0) is 49.6 Å². The third kappa shape index (κ3) is 5.81. The van der Waals surface area contributed by atoms with Crippen LogP contribution in [0.1, 0.15) is 30.4 Å². The molecule has 0 bridgehead atoms. The molecular formula is C22H28N2O3. The number of benzene rings is 2. The summed E-state index contributed by atoms with van der Waals surface area (Å²) in [5, 5.41) is 23.0. The highest BCUT2D eigenvalue weighted by Crippen LogP contribution is 2.26. The molecule has 3 rings (SSSR count). The molecule has 1 heterocycles. The highest BCUT2D eigenvalue weighted by atomic mass is 16.3. The van der Waals surface area contributed by atoms with E-state index in [1.165, 1.54) is 11.1 Å². The van der Waals surface area contributed by atoms with Crippen molar-refractivity contribution in [3.8, 4) is 5.75 Å². The van der Waals surface area contributed by atoms with E-state index in [4.69, 9.17) is 0 Å².